The Labute approximate surface area is 140 Å². The fourth-order valence-electron chi connectivity index (χ4n) is 2.20. The minimum Gasteiger partial charge on any atom is -0.465 e. The smallest absolute Gasteiger partial charge is 0.337 e. The van der Waals surface area contributed by atoms with Crippen LogP contribution in [0.15, 0.2) is 42.5 Å². The molecule has 0 radical (unpaired) electrons. The van der Waals surface area contributed by atoms with Gasteiger partial charge in [0.2, 0.25) is 10.0 Å². The van der Waals surface area contributed by atoms with E-state index in [1.165, 1.54) is 19.2 Å². The maximum atomic E-state index is 14.0. The highest BCUT2D eigenvalue weighted by Gasteiger charge is 2.14. The molecule has 24 heavy (non-hydrogen) atoms. The van der Waals surface area contributed by atoms with Crippen molar-refractivity contribution in [2.45, 2.75) is 19.2 Å². The number of benzene rings is 2. The minimum absolute atomic E-state index is 0.0707. The molecule has 2 rings (SSSR count). The molecule has 0 bridgehead atoms. The molecule has 0 heterocycles. The first-order chi connectivity index (χ1) is 11.3. The summed E-state index contributed by atoms with van der Waals surface area (Å²) in [5, 5.41) is 0. The molecule has 0 saturated carbocycles. The topological polar surface area (TPSA) is 72.5 Å². The fourth-order valence-corrected chi connectivity index (χ4v) is 3.29. The van der Waals surface area contributed by atoms with Gasteiger partial charge < -0.3 is 4.74 Å². The van der Waals surface area contributed by atoms with Crippen LogP contribution in [0.25, 0.3) is 0 Å². The van der Waals surface area contributed by atoms with Gasteiger partial charge in [0.15, 0.2) is 0 Å². The molecule has 0 atom stereocenters. The van der Waals surface area contributed by atoms with Gasteiger partial charge in [-0.25, -0.2) is 22.3 Å². The molecule has 1 N–H and O–H groups in total. The summed E-state index contributed by atoms with van der Waals surface area (Å²) in [5.41, 5.74) is 1.84. The highest BCUT2D eigenvalue weighted by Crippen LogP contribution is 2.13. The molecule has 2 aromatic rings. The third kappa shape index (κ3) is 4.87. The normalized spacial score (nSPS) is 11.3. The number of nitrogens with one attached hydrogen (secondary N) is 1. The van der Waals surface area contributed by atoms with Crippen molar-refractivity contribution in [3.8, 4) is 0 Å². The van der Waals surface area contributed by atoms with E-state index >= 15 is 0 Å². The van der Waals surface area contributed by atoms with Crippen molar-refractivity contribution in [2.75, 3.05) is 7.11 Å². The van der Waals surface area contributed by atoms with E-state index in [1.54, 1.807) is 18.2 Å². The van der Waals surface area contributed by atoms with Gasteiger partial charge in [0, 0.05) is 12.1 Å². The van der Waals surface area contributed by atoms with Crippen LogP contribution >= 0.6 is 0 Å². The second-order valence-electron chi connectivity index (χ2n) is 5.37. The van der Waals surface area contributed by atoms with E-state index in [9.17, 15) is 17.6 Å². The lowest BCUT2D eigenvalue weighted by Gasteiger charge is -2.09. The largest absolute Gasteiger partial charge is 0.465 e. The Morgan fingerprint density at radius 1 is 1.21 bits per heavy atom. The van der Waals surface area contributed by atoms with Crippen LogP contribution in [-0.2, 0) is 27.1 Å². The third-order valence-electron chi connectivity index (χ3n) is 3.40. The number of sulfonamides is 1. The quantitative estimate of drug-likeness (QED) is 0.812. The van der Waals surface area contributed by atoms with E-state index in [4.69, 9.17) is 0 Å². The van der Waals surface area contributed by atoms with Crippen LogP contribution in [0.3, 0.4) is 0 Å². The molecule has 0 aliphatic carbocycles. The lowest BCUT2D eigenvalue weighted by molar-refractivity contribution is 0.0600. The van der Waals surface area contributed by atoms with Crippen LogP contribution in [0.5, 0.6) is 0 Å². The highest BCUT2D eigenvalue weighted by molar-refractivity contribution is 7.88. The van der Waals surface area contributed by atoms with Crippen molar-refractivity contribution in [1.82, 2.24) is 4.72 Å². The Morgan fingerprint density at radius 2 is 1.96 bits per heavy atom. The van der Waals surface area contributed by atoms with Gasteiger partial charge in [0.1, 0.15) is 5.82 Å². The number of carbonyl (C=O) groups is 1. The second kappa shape index (κ2) is 7.55. The molecule has 0 aliphatic heterocycles. The molecule has 128 valence electrons. The molecule has 0 spiro atoms. The average molecular weight is 351 g/mol. The summed E-state index contributed by atoms with van der Waals surface area (Å²) < 4.78 is 45.0. The van der Waals surface area contributed by atoms with E-state index in [0.717, 1.165) is 11.6 Å². The Morgan fingerprint density at radius 3 is 2.58 bits per heavy atom. The standard InChI is InChI=1S/C17H18FNO4S/c1-12-4-3-5-13(8-12)11-24(21,22)19-10-15-7-6-14(9-16(15)18)17(20)23-2/h3-9,19H,10-11H2,1-2H3. The van der Waals surface area contributed by atoms with E-state index in [1.807, 2.05) is 13.0 Å². The predicted molar refractivity (Wildman–Crippen MR) is 88.4 cm³/mol. The summed E-state index contributed by atoms with van der Waals surface area (Å²) in [6.07, 6.45) is 0. The summed E-state index contributed by atoms with van der Waals surface area (Å²) in [7, 11) is -2.40. The summed E-state index contributed by atoms with van der Waals surface area (Å²) in [6.45, 7) is 1.68. The van der Waals surface area contributed by atoms with E-state index < -0.39 is 21.8 Å². The van der Waals surface area contributed by atoms with Crippen molar-refractivity contribution in [2.24, 2.45) is 0 Å². The van der Waals surface area contributed by atoms with Crippen LogP contribution in [0.2, 0.25) is 0 Å². The first-order valence-electron chi connectivity index (χ1n) is 7.20. The first kappa shape index (κ1) is 18.1. The van der Waals surface area contributed by atoms with Gasteiger partial charge in [-0.15, -0.1) is 0 Å². The monoisotopic (exact) mass is 351 g/mol. The molecule has 7 heteroatoms. The lowest BCUT2D eigenvalue weighted by Crippen LogP contribution is -2.25. The second-order valence-corrected chi connectivity index (χ2v) is 7.17. The van der Waals surface area contributed by atoms with Crippen LogP contribution in [0.4, 0.5) is 4.39 Å². The van der Waals surface area contributed by atoms with Crippen LogP contribution in [0.1, 0.15) is 27.0 Å². The number of ether oxygens (including phenoxy) is 1. The lowest BCUT2D eigenvalue weighted by atomic mass is 10.1. The van der Waals surface area contributed by atoms with Crippen molar-refractivity contribution >= 4 is 16.0 Å². The van der Waals surface area contributed by atoms with Crippen molar-refractivity contribution < 1.29 is 22.3 Å². The number of rotatable bonds is 6. The maximum absolute atomic E-state index is 14.0. The molecular formula is C17H18FNO4S. The first-order valence-corrected chi connectivity index (χ1v) is 8.85. The number of hydrogen-bond donors (Lipinski definition) is 1. The molecule has 5 nitrogen and oxygen atoms in total. The highest BCUT2D eigenvalue weighted by atomic mass is 32.2. The van der Waals surface area contributed by atoms with Gasteiger partial charge in [-0.3, -0.25) is 0 Å². The van der Waals surface area contributed by atoms with Gasteiger partial charge in [-0.05, 0) is 24.6 Å². The van der Waals surface area contributed by atoms with Crippen LogP contribution in [-0.4, -0.2) is 21.5 Å². The average Bonchev–Trinajstić information content (AvgIpc) is 2.52. The number of methoxy groups -OCH3 is 1. The van der Waals surface area contributed by atoms with Gasteiger partial charge >= 0.3 is 5.97 Å². The van der Waals surface area contributed by atoms with Gasteiger partial charge in [-0.1, -0.05) is 35.9 Å². The molecule has 2 aromatic carbocycles. The zero-order valence-corrected chi connectivity index (χ0v) is 14.2. The molecule has 0 fully saturated rings. The molecule has 0 amide bonds. The van der Waals surface area contributed by atoms with E-state index in [0.29, 0.717) is 5.56 Å². The van der Waals surface area contributed by atoms with Crippen molar-refractivity contribution in [3.05, 3.63) is 70.5 Å². The number of carbonyl (C=O) groups excluding carboxylic acids is 1. The number of halogens is 1. The van der Waals surface area contributed by atoms with Crippen LogP contribution < -0.4 is 4.72 Å². The Balaban J connectivity index is 2.05. The Hall–Kier alpha value is -2.25. The van der Waals surface area contributed by atoms with Crippen molar-refractivity contribution in [1.29, 1.82) is 0 Å². The molecule has 0 saturated heterocycles. The Kier molecular flexibility index (Phi) is 5.69. The number of esters is 1. The van der Waals surface area contributed by atoms with Crippen molar-refractivity contribution in [3.63, 3.8) is 0 Å². The zero-order valence-electron chi connectivity index (χ0n) is 13.4. The summed E-state index contributed by atoms with van der Waals surface area (Å²) in [4.78, 5) is 11.3. The molecular weight excluding hydrogens is 333 g/mol. The molecule has 0 unspecified atom stereocenters. The fraction of sp³-hybridized carbons (Fsp3) is 0.235. The van der Waals surface area contributed by atoms with Gasteiger partial charge in [0.25, 0.3) is 0 Å². The number of aryl methyl sites for hydroxylation is 1. The number of hydrogen-bond acceptors (Lipinski definition) is 4. The zero-order chi connectivity index (χ0) is 17.7. The van der Waals surface area contributed by atoms with Gasteiger partial charge in [0.05, 0.1) is 18.4 Å². The Bertz CT molecular complexity index is 849. The molecule has 0 aliphatic rings. The molecule has 0 aromatic heterocycles. The van der Waals surface area contributed by atoms with E-state index in [-0.39, 0.29) is 23.4 Å². The predicted octanol–water partition coefficient (Wildman–Crippen LogP) is 2.54. The maximum Gasteiger partial charge on any atom is 0.337 e. The summed E-state index contributed by atoms with van der Waals surface area (Å²) >= 11 is 0. The van der Waals surface area contributed by atoms with E-state index in [2.05, 4.69) is 9.46 Å². The van der Waals surface area contributed by atoms with Crippen LogP contribution in [0, 0.1) is 12.7 Å². The summed E-state index contributed by atoms with van der Waals surface area (Å²) in [6, 6.07) is 10.9. The SMILES string of the molecule is COC(=O)c1ccc(CNS(=O)(=O)Cc2cccc(C)c2)c(F)c1. The summed E-state index contributed by atoms with van der Waals surface area (Å²) in [5.74, 6) is -1.51. The van der Waals surface area contributed by atoms with Gasteiger partial charge in [-0.2, -0.15) is 0 Å². The minimum atomic E-state index is -3.61. The third-order valence-corrected chi connectivity index (χ3v) is 4.69.